The number of rotatable bonds is 6. The second kappa shape index (κ2) is 9.52. The fraction of sp³-hybridized carbons (Fsp3) is 0.250. The van der Waals surface area contributed by atoms with Crippen LogP contribution in [0.25, 0.3) is 10.2 Å². The largest absolute Gasteiger partial charge is 0.468 e. The molecule has 0 saturated heterocycles. The van der Waals surface area contributed by atoms with Crippen LogP contribution in [0.1, 0.15) is 12.0 Å². The summed E-state index contributed by atoms with van der Waals surface area (Å²) in [7, 11) is -2.39. The van der Waals surface area contributed by atoms with Crippen molar-refractivity contribution in [2.45, 2.75) is 24.8 Å². The smallest absolute Gasteiger partial charge is 0.325 e. The Balaban J connectivity index is 1.93. The maximum Gasteiger partial charge on any atom is 0.325 e. The lowest BCUT2D eigenvalue weighted by Crippen LogP contribution is -2.23. The number of hydrogen-bond donors (Lipinski definition) is 0. The highest BCUT2D eigenvalue weighted by molar-refractivity contribution is 7.91. The molecule has 0 bridgehead atoms. The number of carbonyl (C=O) groups excluding carboxylic acids is 2. The second-order valence-electron chi connectivity index (χ2n) is 6.64. The van der Waals surface area contributed by atoms with E-state index in [1.54, 1.807) is 24.3 Å². The van der Waals surface area contributed by atoms with Gasteiger partial charge < -0.3 is 9.30 Å². The molecule has 0 radical (unpaired) electrons. The molecule has 0 atom stereocenters. The number of aryl methyl sites for hydroxylation is 1. The van der Waals surface area contributed by atoms with Crippen LogP contribution in [-0.4, -0.2) is 37.7 Å². The third-order valence-electron chi connectivity index (χ3n) is 4.43. The quantitative estimate of drug-likeness (QED) is 0.479. The molecular formula is C20H18Cl2N2O5S2. The summed E-state index contributed by atoms with van der Waals surface area (Å²) in [4.78, 5) is 28.7. The normalized spacial score (nSPS) is 12.3. The van der Waals surface area contributed by atoms with Crippen molar-refractivity contribution < 1.29 is 22.7 Å². The van der Waals surface area contributed by atoms with Crippen molar-refractivity contribution in [3.8, 4) is 0 Å². The molecule has 1 amide bonds. The number of aromatic nitrogens is 1. The van der Waals surface area contributed by atoms with Crippen molar-refractivity contribution in [2.24, 2.45) is 4.99 Å². The Bertz CT molecular complexity index is 1330. The number of thiazole rings is 1. The summed E-state index contributed by atoms with van der Waals surface area (Å²) in [6, 6.07) is 9.71. The van der Waals surface area contributed by atoms with Gasteiger partial charge in [0.1, 0.15) is 6.54 Å². The minimum Gasteiger partial charge on any atom is -0.468 e. The summed E-state index contributed by atoms with van der Waals surface area (Å²) in [5.41, 5.74) is 1.38. The minimum atomic E-state index is -3.63. The van der Waals surface area contributed by atoms with E-state index in [0.717, 1.165) is 16.9 Å². The van der Waals surface area contributed by atoms with Crippen molar-refractivity contribution in [1.29, 1.82) is 0 Å². The maximum atomic E-state index is 12.5. The summed E-state index contributed by atoms with van der Waals surface area (Å²) in [6.07, 6.45) is -0.308. The standard InChI is InChI=1S/C20H18Cl2N2O5S2/c1-12-3-5-13(6-4-12)31(27,28)10-9-16(25)23-20-24(11-17(26)29-2)19-15(30-20)8-7-14(21)18(19)22/h3-8H,9-11H2,1-2H3. The molecule has 0 spiro atoms. The number of methoxy groups -OCH3 is 1. The lowest BCUT2D eigenvalue weighted by atomic mass is 10.2. The fourth-order valence-electron chi connectivity index (χ4n) is 2.78. The molecule has 3 rings (SSSR count). The summed E-state index contributed by atoms with van der Waals surface area (Å²) >= 11 is 13.5. The Morgan fingerprint density at radius 1 is 1.13 bits per heavy atom. The molecule has 7 nitrogen and oxygen atoms in total. The fourth-order valence-corrected chi connectivity index (χ4v) is 5.54. The maximum absolute atomic E-state index is 12.5. The van der Waals surface area contributed by atoms with Gasteiger partial charge in [-0.05, 0) is 31.2 Å². The number of nitrogens with zero attached hydrogens (tertiary/aromatic N) is 2. The van der Waals surface area contributed by atoms with E-state index in [0.29, 0.717) is 10.2 Å². The second-order valence-corrected chi connectivity index (χ2v) is 10.5. The van der Waals surface area contributed by atoms with Crippen LogP contribution in [0.15, 0.2) is 46.3 Å². The van der Waals surface area contributed by atoms with Crippen molar-refractivity contribution in [3.63, 3.8) is 0 Å². The molecule has 11 heteroatoms. The SMILES string of the molecule is COC(=O)Cn1c(=NC(=O)CCS(=O)(=O)c2ccc(C)cc2)sc2ccc(Cl)c(Cl)c21. The number of hydrogen-bond acceptors (Lipinski definition) is 6. The van der Waals surface area contributed by atoms with Gasteiger partial charge in [-0.15, -0.1) is 0 Å². The molecule has 164 valence electrons. The molecule has 0 saturated carbocycles. The van der Waals surface area contributed by atoms with E-state index >= 15 is 0 Å². The summed E-state index contributed by atoms with van der Waals surface area (Å²) in [6.45, 7) is 1.62. The number of fused-ring (bicyclic) bond motifs is 1. The third kappa shape index (κ3) is 5.35. The van der Waals surface area contributed by atoms with Crippen LogP contribution in [0, 0.1) is 6.92 Å². The van der Waals surface area contributed by atoms with Crippen molar-refractivity contribution in [3.05, 3.63) is 56.8 Å². The average molecular weight is 501 g/mol. The molecule has 1 heterocycles. The van der Waals surface area contributed by atoms with Gasteiger partial charge in [0.15, 0.2) is 14.6 Å². The molecule has 2 aromatic carbocycles. The number of benzene rings is 2. The summed E-state index contributed by atoms with van der Waals surface area (Å²) < 4.78 is 31.8. The number of halogens is 2. The van der Waals surface area contributed by atoms with E-state index < -0.39 is 21.7 Å². The topological polar surface area (TPSA) is 94.8 Å². The van der Waals surface area contributed by atoms with E-state index in [2.05, 4.69) is 4.99 Å². The van der Waals surface area contributed by atoms with Crippen LogP contribution in [0.4, 0.5) is 0 Å². The van der Waals surface area contributed by atoms with Gasteiger partial charge in [-0.1, -0.05) is 52.2 Å². The predicted molar refractivity (Wildman–Crippen MR) is 120 cm³/mol. The Morgan fingerprint density at radius 3 is 2.45 bits per heavy atom. The van der Waals surface area contributed by atoms with E-state index in [-0.39, 0.29) is 38.5 Å². The molecule has 0 N–H and O–H groups in total. The molecule has 0 aliphatic carbocycles. The van der Waals surface area contributed by atoms with Gasteiger partial charge in [0.25, 0.3) is 0 Å². The zero-order chi connectivity index (χ0) is 22.8. The van der Waals surface area contributed by atoms with Crippen molar-refractivity contribution in [1.82, 2.24) is 4.57 Å². The highest BCUT2D eigenvalue weighted by atomic mass is 35.5. The van der Waals surface area contributed by atoms with Gasteiger partial charge >= 0.3 is 5.97 Å². The Morgan fingerprint density at radius 2 is 1.81 bits per heavy atom. The number of sulfone groups is 1. The zero-order valence-corrected chi connectivity index (χ0v) is 19.7. The molecule has 0 aliphatic heterocycles. The minimum absolute atomic E-state index is 0.148. The zero-order valence-electron chi connectivity index (χ0n) is 16.6. The van der Waals surface area contributed by atoms with Crippen LogP contribution in [0.3, 0.4) is 0 Å². The molecule has 31 heavy (non-hydrogen) atoms. The first-order chi connectivity index (χ1) is 14.6. The molecule has 0 fully saturated rings. The van der Waals surface area contributed by atoms with Crippen LogP contribution >= 0.6 is 34.5 Å². The number of carbonyl (C=O) groups is 2. The lowest BCUT2D eigenvalue weighted by molar-refractivity contribution is -0.141. The van der Waals surface area contributed by atoms with Crippen LogP contribution < -0.4 is 4.80 Å². The van der Waals surface area contributed by atoms with Gasteiger partial charge in [0.05, 0.1) is 38.0 Å². The molecule has 3 aromatic rings. The van der Waals surface area contributed by atoms with E-state index in [4.69, 9.17) is 27.9 Å². The summed E-state index contributed by atoms with van der Waals surface area (Å²) in [5, 5.41) is 0.503. The number of amides is 1. The van der Waals surface area contributed by atoms with Gasteiger partial charge in [-0.2, -0.15) is 4.99 Å². The number of esters is 1. The molecule has 1 aromatic heterocycles. The summed E-state index contributed by atoms with van der Waals surface area (Å²) in [5.74, 6) is -1.58. The first-order valence-corrected chi connectivity index (χ1v) is 12.3. The molecular weight excluding hydrogens is 483 g/mol. The van der Waals surface area contributed by atoms with E-state index in [1.165, 1.54) is 23.8 Å². The van der Waals surface area contributed by atoms with Crippen molar-refractivity contribution >= 4 is 66.5 Å². The van der Waals surface area contributed by atoms with Gasteiger partial charge in [-0.3, -0.25) is 9.59 Å². The molecule has 0 aliphatic rings. The lowest BCUT2D eigenvalue weighted by Gasteiger charge is -2.06. The highest BCUT2D eigenvalue weighted by Gasteiger charge is 2.18. The number of ether oxygens (including phenoxy) is 1. The average Bonchev–Trinajstić information content (AvgIpc) is 3.07. The van der Waals surface area contributed by atoms with Crippen LogP contribution in [-0.2, 0) is 30.7 Å². The Hall–Kier alpha value is -2.20. The van der Waals surface area contributed by atoms with Crippen molar-refractivity contribution in [2.75, 3.05) is 12.9 Å². The Labute approximate surface area is 192 Å². The predicted octanol–water partition coefficient (Wildman–Crippen LogP) is 3.78. The monoisotopic (exact) mass is 500 g/mol. The van der Waals surface area contributed by atoms with E-state index in [1.807, 2.05) is 6.92 Å². The van der Waals surface area contributed by atoms with Crippen LogP contribution in [0.2, 0.25) is 10.0 Å². The Kier molecular flexibility index (Phi) is 7.20. The third-order valence-corrected chi connectivity index (χ3v) is 8.00. The van der Waals surface area contributed by atoms with Gasteiger partial charge in [-0.25, -0.2) is 8.42 Å². The van der Waals surface area contributed by atoms with Gasteiger partial charge in [0, 0.05) is 6.42 Å². The van der Waals surface area contributed by atoms with E-state index in [9.17, 15) is 18.0 Å². The first-order valence-electron chi connectivity index (χ1n) is 9.03. The highest BCUT2D eigenvalue weighted by Crippen LogP contribution is 2.32. The van der Waals surface area contributed by atoms with Crippen LogP contribution in [0.5, 0.6) is 0 Å². The van der Waals surface area contributed by atoms with Gasteiger partial charge in [0.2, 0.25) is 5.91 Å². The molecule has 0 unspecified atom stereocenters. The first kappa shape index (κ1) is 23.5.